The largest absolute Gasteiger partial charge is 0.385 e. The normalized spacial score (nSPS) is 20.5. The number of carbonyl (C=O) groups is 2. The molecule has 0 aromatic carbocycles. The van der Waals surface area contributed by atoms with Crippen LogP contribution < -0.4 is 5.32 Å². The lowest BCUT2D eigenvalue weighted by atomic mass is 9.75. The van der Waals surface area contributed by atoms with Crippen LogP contribution in [-0.2, 0) is 16.1 Å². The molecule has 0 radical (unpaired) electrons. The molecule has 3 rings (SSSR count). The summed E-state index contributed by atoms with van der Waals surface area (Å²) in [5.41, 5.74) is -0.0460. The molecule has 28 heavy (non-hydrogen) atoms. The third-order valence-corrected chi connectivity index (χ3v) is 6.49. The number of nitrogens with one attached hydrogen (secondary N) is 1. The van der Waals surface area contributed by atoms with Crippen LogP contribution >= 0.6 is 0 Å². The molecule has 1 atom stereocenters. The number of carbonyl (C=O) groups excluding carboxylic acids is 2. The van der Waals surface area contributed by atoms with Gasteiger partial charge in [-0.3, -0.25) is 9.59 Å². The predicted octanol–water partition coefficient (Wildman–Crippen LogP) is 1.86. The first kappa shape index (κ1) is 20.8. The first-order valence-electron chi connectivity index (χ1n) is 10.5. The average Bonchev–Trinajstić information content (AvgIpc) is 3.14. The molecule has 8 heteroatoms. The van der Waals surface area contributed by atoms with Gasteiger partial charge in [-0.05, 0) is 44.9 Å². The second-order valence-electron chi connectivity index (χ2n) is 8.20. The van der Waals surface area contributed by atoms with Gasteiger partial charge in [0.1, 0.15) is 0 Å². The van der Waals surface area contributed by atoms with Crippen LogP contribution in [0, 0.1) is 11.8 Å². The highest BCUT2D eigenvalue weighted by Crippen LogP contribution is 2.35. The molecule has 1 aromatic rings. The summed E-state index contributed by atoms with van der Waals surface area (Å²) in [6, 6.07) is 0. The Kier molecular flexibility index (Phi) is 6.69. The maximum absolute atomic E-state index is 12.8. The molecule has 1 unspecified atom stereocenters. The number of ether oxygens (including phenoxy) is 1. The highest BCUT2D eigenvalue weighted by Gasteiger charge is 2.39. The molecule has 1 saturated heterocycles. The number of hydrogen-bond acceptors (Lipinski definition) is 5. The van der Waals surface area contributed by atoms with Crippen LogP contribution in [0.1, 0.15) is 62.9 Å². The number of rotatable bonds is 8. The van der Waals surface area contributed by atoms with E-state index < -0.39 is 0 Å². The van der Waals surface area contributed by atoms with Crippen LogP contribution in [0.3, 0.4) is 0 Å². The molecule has 8 nitrogen and oxygen atoms in total. The lowest BCUT2D eigenvalue weighted by Gasteiger charge is -2.44. The second-order valence-corrected chi connectivity index (χ2v) is 8.20. The Labute approximate surface area is 167 Å². The molecular weight excluding hydrogens is 358 g/mol. The molecule has 2 amide bonds. The minimum Gasteiger partial charge on any atom is -0.385 e. The van der Waals surface area contributed by atoms with Crippen molar-refractivity contribution in [2.75, 3.05) is 26.8 Å². The van der Waals surface area contributed by atoms with Crippen molar-refractivity contribution in [3.05, 3.63) is 11.9 Å². The summed E-state index contributed by atoms with van der Waals surface area (Å²) >= 11 is 0. The lowest BCUT2D eigenvalue weighted by molar-refractivity contribution is -0.139. The Morgan fingerprint density at radius 3 is 2.61 bits per heavy atom. The van der Waals surface area contributed by atoms with Gasteiger partial charge in [-0.1, -0.05) is 13.3 Å². The van der Waals surface area contributed by atoms with Gasteiger partial charge in [-0.25, -0.2) is 0 Å². The fraction of sp³-hybridized carbons (Fsp3) is 0.800. The van der Waals surface area contributed by atoms with Crippen molar-refractivity contribution in [3.8, 4) is 0 Å². The maximum Gasteiger partial charge on any atom is 0.273 e. The summed E-state index contributed by atoms with van der Waals surface area (Å²) in [4.78, 5) is 29.0. The van der Waals surface area contributed by atoms with Crippen molar-refractivity contribution in [1.29, 1.82) is 0 Å². The van der Waals surface area contributed by atoms with Gasteiger partial charge >= 0.3 is 0 Å². The first-order chi connectivity index (χ1) is 13.5. The fourth-order valence-electron chi connectivity index (χ4n) is 4.18. The quantitative estimate of drug-likeness (QED) is 0.731. The highest BCUT2D eigenvalue weighted by atomic mass is 16.5. The van der Waals surface area contributed by atoms with Gasteiger partial charge in [-0.15, -0.1) is 5.10 Å². The van der Waals surface area contributed by atoms with E-state index in [1.165, 1.54) is 30.3 Å². The standard InChI is InChI=1S/C20H33N5O3/c1-4-25-21-14-17(23-25)18(26)22-20(10-13-28-3)8-11-24(12-9-20)19(27)15(2)16-6-5-7-16/h14-16H,4-13H2,1-3H3,(H,22,26). The molecule has 0 bridgehead atoms. The van der Waals surface area contributed by atoms with E-state index in [0.717, 1.165) is 19.3 Å². The lowest BCUT2D eigenvalue weighted by Crippen LogP contribution is -2.57. The molecule has 2 heterocycles. The van der Waals surface area contributed by atoms with E-state index in [-0.39, 0.29) is 23.3 Å². The van der Waals surface area contributed by atoms with Crippen molar-refractivity contribution in [1.82, 2.24) is 25.2 Å². The number of aryl methyl sites for hydroxylation is 1. The zero-order valence-electron chi connectivity index (χ0n) is 17.3. The molecule has 1 saturated carbocycles. The number of nitrogens with zero attached hydrogens (tertiary/aromatic N) is 4. The van der Waals surface area contributed by atoms with Gasteiger partial charge in [0.05, 0.1) is 12.7 Å². The summed E-state index contributed by atoms with van der Waals surface area (Å²) in [6.07, 6.45) is 7.27. The van der Waals surface area contributed by atoms with Crippen LogP contribution in [0.5, 0.6) is 0 Å². The molecule has 1 N–H and O–H groups in total. The Morgan fingerprint density at radius 1 is 1.36 bits per heavy atom. The summed E-state index contributed by atoms with van der Waals surface area (Å²) in [7, 11) is 1.67. The number of hydrogen-bond donors (Lipinski definition) is 1. The van der Waals surface area contributed by atoms with E-state index in [1.54, 1.807) is 7.11 Å². The van der Waals surface area contributed by atoms with E-state index in [4.69, 9.17) is 4.74 Å². The zero-order chi connectivity index (χ0) is 20.1. The summed E-state index contributed by atoms with van der Waals surface area (Å²) in [5, 5.41) is 11.5. The molecule has 1 aliphatic heterocycles. The maximum atomic E-state index is 12.8. The Bertz CT molecular complexity index is 677. The minimum absolute atomic E-state index is 0.110. The van der Waals surface area contributed by atoms with Crippen molar-refractivity contribution in [2.45, 2.75) is 64.5 Å². The third kappa shape index (κ3) is 4.54. The van der Waals surface area contributed by atoms with Crippen molar-refractivity contribution >= 4 is 11.8 Å². The molecule has 1 aliphatic carbocycles. The first-order valence-corrected chi connectivity index (χ1v) is 10.5. The van der Waals surface area contributed by atoms with Gasteiger partial charge in [0.25, 0.3) is 5.91 Å². The molecule has 1 aromatic heterocycles. The minimum atomic E-state index is -0.375. The van der Waals surface area contributed by atoms with Gasteiger partial charge in [-0.2, -0.15) is 9.90 Å². The molecular formula is C20H33N5O3. The molecule has 156 valence electrons. The van der Waals surface area contributed by atoms with Crippen molar-refractivity contribution < 1.29 is 14.3 Å². The van der Waals surface area contributed by atoms with Gasteiger partial charge < -0.3 is 15.0 Å². The second kappa shape index (κ2) is 9.03. The van der Waals surface area contributed by atoms with E-state index in [1.807, 2.05) is 11.8 Å². The predicted molar refractivity (Wildman–Crippen MR) is 105 cm³/mol. The average molecular weight is 392 g/mol. The third-order valence-electron chi connectivity index (χ3n) is 6.49. The SMILES string of the molecule is CCn1ncc(C(=O)NC2(CCOC)CCN(C(=O)C(C)C3CCC3)CC2)n1. The van der Waals surface area contributed by atoms with E-state index >= 15 is 0 Å². The van der Waals surface area contributed by atoms with Crippen LogP contribution in [0.15, 0.2) is 6.20 Å². The van der Waals surface area contributed by atoms with Crippen LogP contribution in [0.4, 0.5) is 0 Å². The van der Waals surface area contributed by atoms with Crippen molar-refractivity contribution in [3.63, 3.8) is 0 Å². The van der Waals surface area contributed by atoms with E-state index in [0.29, 0.717) is 37.9 Å². The summed E-state index contributed by atoms with van der Waals surface area (Å²) in [5.74, 6) is 0.716. The van der Waals surface area contributed by atoms with E-state index in [2.05, 4.69) is 22.4 Å². The monoisotopic (exact) mass is 391 g/mol. The van der Waals surface area contributed by atoms with Gasteiger partial charge in [0.2, 0.25) is 5.91 Å². The number of likely N-dealkylation sites (tertiary alicyclic amines) is 1. The van der Waals surface area contributed by atoms with Crippen molar-refractivity contribution in [2.24, 2.45) is 11.8 Å². The number of methoxy groups -OCH3 is 1. The zero-order valence-corrected chi connectivity index (χ0v) is 17.3. The summed E-state index contributed by atoms with van der Waals surface area (Å²) < 4.78 is 5.28. The Hall–Kier alpha value is -1.96. The van der Waals surface area contributed by atoms with Gasteiger partial charge in [0, 0.05) is 38.3 Å². The Morgan fingerprint density at radius 2 is 2.07 bits per heavy atom. The van der Waals surface area contributed by atoms with E-state index in [9.17, 15) is 9.59 Å². The highest BCUT2D eigenvalue weighted by molar-refractivity contribution is 5.92. The topological polar surface area (TPSA) is 89.4 Å². The number of piperidine rings is 1. The molecule has 2 fully saturated rings. The smallest absolute Gasteiger partial charge is 0.273 e. The van der Waals surface area contributed by atoms with Crippen LogP contribution in [0.25, 0.3) is 0 Å². The number of aromatic nitrogens is 3. The van der Waals surface area contributed by atoms with Crippen LogP contribution in [0.2, 0.25) is 0 Å². The van der Waals surface area contributed by atoms with Crippen LogP contribution in [-0.4, -0.2) is 64.1 Å². The Balaban J connectivity index is 1.62. The fourth-order valence-corrected chi connectivity index (χ4v) is 4.18. The van der Waals surface area contributed by atoms with Gasteiger partial charge in [0.15, 0.2) is 5.69 Å². The number of amides is 2. The molecule has 2 aliphatic rings. The summed E-state index contributed by atoms with van der Waals surface area (Å²) in [6.45, 7) is 6.52. The molecule has 0 spiro atoms.